The van der Waals surface area contributed by atoms with Gasteiger partial charge in [-0.25, -0.2) is 4.79 Å². The fraction of sp³-hybridized carbons (Fsp3) is 0.0690. The lowest BCUT2D eigenvalue weighted by molar-refractivity contribution is 0.0280. The van der Waals surface area contributed by atoms with Crippen LogP contribution in [0.5, 0.6) is 0 Å². The highest BCUT2D eigenvalue weighted by atomic mass is 35.5. The van der Waals surface area contributed by atoms with E-state index in [9.17, 15) is 14.4 Å². The fourth-order valence-corrected chi connectivity index (χ4v) is 3.57. The highest BCUT2D eigenvalue weighted by molar-refractivity contribution is 6.30. The van der Waals surface area contributed by atoms with Crippen LogP contribution >= 0.6 is 11.6 Å². The van der Waals surface area contributed by atoms with Crippen molar-refractivity contribution in [3.63, 3.8) is 0 Å². The molecule has 5 nitrogen and oxygen atoms in total. The Morgan fingerprint density at radius 3 is 1.91 bits per heavy atom. The summed E-state index contributed by atoms with van der Waals surface area (Å²) in [6.07, 6.45) is -1.12. The van der Waals surface area contributed by atoms with Crippen molar-refractivity contribution in [3.8, 4) is 0 Å². The molecule has 0 aliphatic heterocycles. The van der Waals surface area contributed by atoms with Crippen molar-refractivity contribution in [3.05, 3.63) is 136 Å². The maximum absolute atomic E-state index is 13.2. The van der Waals surface area contributed by atoms with Gasteiger partial charge in [-0.2, -0.15) is 0 Å². The highest BCUT2D eigenvalue weighted by Crippen LogP contribution is 2.25. The summed E-state index contributed by atoms with van der Waals surface area (Å²) in [5.41, 5.74) is 3.32. The first-order valence-corrected chi connectivity index (χ1v) is 11.3. The van der Waals surface area contributed by atoms with E-state index in [4.69, 9.17) is 16.3 Å². The first-order valence-electron chi connectivity index (χ1n) is 10.9. The number of aryl methyl sites for hydroxylation is 1. The largest absolute Gasteiger partial charge is 0.445 e. The van der Waals surface area contributed by atoms with Gasteiger partial charge in [-0.1, -0.05) is 59.6 Å². The van der Waals surface area contributed by atoms with Crippen LogP contribution in [0.2, 0.25) is 5.02 Å². The number of hydrogen-bond acceptors (Lipinski definition) is 4. The van der Waals surface area contributed by atoms with E-state index >= 15 is 0 Å². The summed E-state index contributed by atoms with van der Waals surface area (Å²) in [4.78, 5) is 38.5. The number of esters is 1. The number of nitrogens with one attached hydrogen (secondary N) is 1. The summed E-state index contributed by atoms with van der Waals surface area (Å²) in [7, 11) is 0. The number of rotatable bonds is 7. The number of halogens is 1. The Hall–Kier alpha value is -4.22. The first kappa shape index (κ1) is 23.9. The minimum absolute atomic E-state index is 0.252. The van der Waals surface area contributed by atoms with E-state index in [1.54, 1.807) is 84.9 Å². The van der Waals surface area contributed by atoms with Crippen LogP contribution in [0.4, 0.5) is 5.69 Å². The standard InChI is InChI=1S/C29H22ClNO4/c1-19-7-9-22(10-8-19)28(33)31-25-17-13-23(14-18-25)29(34)35-27(21-5-3-2-4-6-21)26(32)20-11-15-24(30)16-12-20/h2-18,27H,1H3,(H,31,33)/t27-/m0/s1. The molecule has 4 aromatic rings. The zero-order chi connectivity index (χ0) is 24.8. The van der Waals surface area contributed by atoms with Crippen molar-refractivity contribution in [2.45, 2.75) is 13.0 Å². The zero-order valence-corrected chi connectivity index (χ0v) is 19.7. The summed E-state index contributed by atoms with van der Waals surface area (Å²) in [5.74, 6) is -1.26. The summed E-state index contributed by atoms with van der Waals surface area (Å²) in [6.45, 7) is 1.95. The predicted molar refractivity (Wildman–Crippen MR) is 136 cm³/mol. The molecule has 174 valence electrons. The summed E-state index contributed by atoms with van der Waals surface area (Å²) in [6, 6.07) is 28.8. The molecular formula is C29H22ClNO4. The number of carbonyl (C=O) groups excluding carboxylic acids is 3. The monoisotopic (exact) mass is 483 g/mol. The van der Waals surface area contributed by atoms with Crippen molar-refractivity contribution in [1.29, 1.82) is 0 Å². The van der Waals surface area contributed by atoms with E-state index in [-0.39, 0.29) is 17.3 Å². The van der Waals surface area contributed by atoms with Gasteiger partial charge in [0, 0.05) is 27.4 Å². The van der Waals surface area contributed by atoms with Gasteiger partial charge in [-0.3, -0.25) is 9.59 Å². The minimum Gasteiger partial charge on any atom is -0.445 e. The molecule has 0 radical (unpaired) electrons. The molecule has 0 bridgehead atoms. The van der Waals surface area contributed by atoms with Crippen LogP contribution in [-0.2, 0) is 4.74 Å². The zero-order valence-electron chi connectivity index (χ0n) is 18.9. The van der Waals surface area contributed by atoms with E-state index < -0.39 is 12.1 Å². The number of ketones is 1. The third-order valence-electron chi connectivity index (χ3n) is 5.39. The number of amides is 1. The molecule has 0 saturated carbocycles. The van der Waals surface area contributed by atoms with Gasteiger partial charge in [0.2, 0.25) is 5.78 Å². The predicted octanol–water partition coefficient (Wildman–Crippen LogP) is 6.68. The maximum atomic E-state index is 13.2. The summed E-state index contributed by atoms with van der Waals surface area (Å²) in [5, 5.41) is 3.30. The van der Waals surface area contributed by atoms with Crippen LogP contribution in [0.25, 0.3) is 0 Å². The van der Waals surface area contributed by atoms with Crippen LogP contribution in [0.1, 0.15) is 48.3 Å². The molecule has 1 N–H and O–H groups in total. The van der Waals surface area contributed by atoms with Crippen molar-refractivity contribution >= 4 is 34.9 Å². The van der Waals surface area contributed by atoms with E-state index in [0.717, 1.165) is 5.56 Å². The third-order valence-corrected chi connectivity index (χ3v) is 5.64. The molecular weight excluding hydrogens is 462 g/mol. The van der Waals surface area contributed by atoms with Gasteiger partial charge < -0.3 is 10.1 Å². The van der Waals surface area contributed by atoms with E-state index in [0.29, 0.717) is 27.4 Å². The number of ether oxygens (including phenoxy) is 1. The molecule has 0 aliphatic rings. The van der Waals surface area contributed by atoms with Crippen molar-refractivity contribution in [1.82, 2.24) is 0 Å². The number of Topliss-reactive ketones (excluding diaryl/α,β-unsaturated/α-hetero) is 1. The quantitative estimate of drug-likeness (QED) is 0.235. The topological polar surface area (TPSA) is 72.5 Å². The lowest BCUT2D eigenvalue weighted by Gasteiger charge is -2.18. The molecule has 4 aromatic carbocycles. The Kier molecular flexibility index (Phi) is 7.38. The Morgan fingerprint density at radius 1 is 0.714 bits per heavy atom. The fourth-order valence-electron chi connectivity index (χ4n) is 3.44. The normalized spacial score (nSPS) is 11.4. The van der Waals surface area contributed by atoms with E-state index in [1.165, 1.54) is 0 Å². The lowest BCUT2D eigenvalue weighted by atomic mass is 9.99. The van der Waals surface area contributed by atoms with Crippen LogP contribution in [0, 0.1) is 6.92 Å². The molecule has 35 heavy (non-hydrogen) atoms. The molecule has 0 aromatic heterocycles. The average molecular weight is 484 g/mol. The van der Waals surface area contributed by atoms with Gasteiger partial charge in [0.25, 0.3) is 5.91 Å². The minimum atomic E-state index is -1.12. The lowest BCUT2D eigenvalue weighted by Crippen LogP contribution is -2.20. The van der Waals surface area contributed by atoms with E-state index in [2.05, 4.69) is 5.32 Å². The van der Waals surface area contributed by atoms with Gasteiger partial charge in [-0.05, 0) is 67.6 Å². The molecule has 6 heteroatoms. The third kappa shape index (κ3) is 6.02. The van der Waals surface area contributed by atoms with Gasteiger partial charge >= 0.3 is 5.97 Å². The number of benzene rings is 4. The van der Waals surface area contributed by atoms with Gasteiger partial charge in [0.1, 0.15) is 0 Å². The summed E-state index contributed by atoms with van der Waals surface area (Å²) >= 11 is 5.94. The van der Waals surface area contributed by atoms with E-state index in [1.807, 2.05) is 25.1 Å². The van der Waals surface area contributed by atoms with Crippen molar-refractivity contribution in [2.24, 2.45) is 0 Å². The SMILES string of the molecule is Cc1ccc(C(=O)Nc2ccc(C(=O)O[C@H](C(=O)c3ccc(Cl)cc3)c3ccccc3)cc2)cc1. The van der Waals surface area contributed by atoms with Crippen LogP contribution in [0.3, 0.4) is 0 Å². The van der Waals surface area contributed by atoms with Crippen LogP contribution < -0.4 is 5.32 Å². The Bertz CT molecular complexity index is 1330. The number of hydrogen-bond donors (Lipinski definition) is 1. The van der Waals surface area contributed by atoms with Gasteiger partial charge in [0.15, 0.2) is 6.10 Å². The Labute approximate surface area is 208 Å². The molecule has 1 atom stereocenters. The number of carbonyl (C=O) groups is 3. The first-order chi connectivity index (χ1) is 16.9. The molecule has 0 heterocycles. The van der Waals surface area contributed by atoms with Crippen LogP contribution in [0.15, 0.2) is 103 Å². The molecule has 0 unspecified atom stereocenters. The van der Waals surface area contributed by atoms with Gasteiger partial charge in [0.05, 0.1) is 5.56 Å². The Balaban J connectivity index is 1.49. The molecule has 0 aliphatic carbocycles. The molecule has 0 spiro atoms. The van der Waals surface area contributed by atoms with Crippen molar-refractivity contribution < 1.29 is 19.1 Å². The Morgan fingerprint density at radius 2 is 1.29 bits per heavy atom. The maximum Gasteiger partial charge on any atom is 0.339 e. The number of anilines is 1. The summed E-state index contributed by atoms with van der Waals surface area (Å²) < 4.78 is 5.66. The molecule has 0 saturated heterocycles. The molecule has 0 fully saturated rings. The van der Waals surface area contributed by atoms with Crippen LogP contribution in [-0.4, -0.2) is 17.7 Å². The average Bonchev–Trinajstić information content (AvgIpc) is 2.88. The van der Waals surface area contributed by atoms with Gasteiger partial charge in [-0.15, -0.1) is 0 Å². The second-order valence-corrected chi connectivity index (χ2v) is 8.40. The molecule has 1 amide bonds. The molecule has 4 rings (SSSR count). The smallest absolute Gasteiger partial charge is 0.339 e. The second kappa shape index (κ2) is 10.8. The second-order valence-electron chi connectivity index (χ2n) is 7.96. The van der Waals surface area contributed by atoms with Crippen molar-refractivity contribution in [2.75, 3.05) is 5.32 Å². The highest BCUT2D eigenvalue weighted by Gasteiger charge is 2.26.